The molecule has 0 aliphatic rings. The predicted octanol–water partition coefficient (Wildman–Crippen LogP) is 4.90. The Bertz CT molecular complexity index is 601. The molecule has 0 aliphatic heterocycles. The third kappa shape index (κ3) is 5.71. The molecule has 25 heavy (non-hydrogen) atoms. The number of rotatable bonds is 7. The van der Waals surface area contributed by atoms with Crippen LogP contribution in [0.4, 0.5) is 9.18 Å². The van der Waals surface area contributed by atoms with Gasteiger partial charge in [0.15, 0.2) is 8.32 Å². The van der Waals surface area contributed by atoms with Gasteiger partial charge in [0.1, 0.15) is 18.2 Å². The highest BCUT2D eigenvalue weighted by atomic mass is 28.4. The molecule has 142 valence electrons. The fourth-order valence-corrected chi connectivity index (χ4v) is 3.04. The minimum Gasteiger partial charge on any atom is -0.491 e. The summed E-state index contributed by atoms with van der Waals surface area (Å²) in [6.07, 6.45) is -1.08. The summed E-state index contributed by atoms with van der Waals surface area (Å²) in [4.78, 5) is 12.3. The lowest BCUT2D eigenvalue weighted by Gasteiger charge is -2.36. The number of carboxylic acid groups (broad SMARTS) is 1. The molecule has 0 radical (unpaired) electrons. The number of hydrogen-bond acceptors (Lipinski definition) is 3. The zero-order chi connectivity index (χ0) is 19.4. The Labute approximate surface area is 150 Å². The molecule has 1 unspecified atom stereocenters. The van der Waals surface area contributed by atoms with Crippen LogP contribution in [0.25, 0.3) is 0 Å². The van der Waals surface area contributed by atoms with Crippen molar-refractivity contribution in [2.75, 3.05) is 20.3 Å². The van der Waals surface area contributed by atoms with Crippen molar-refractivity contribution in [2.24, 2.45) is 0 Å². The van der Waals surface area contributed by atoms with Gasteiger partial charge in [-0.3, -0.25) is 0 Å². The van der Waals surface area contributed by atoms with Gasteiger partial charge in [-0.1, -0.05) is 20.8 Å². The predicted molar refractivity (Wildman–Crippen MR) is 99.2 cm³/mol. The lowest BCUT2D eigenvalue weighted by molar-refractivity contribution is 0.140. The summed E-state index contributed by atoms with van der Waals surface area (Å²) in [7, 11) is -0.400. The van der Waals surface area contributed by atoms with E-state index in [0.29, 0.717) is 24.5 Å². The minimum atomic E-state index is -1.85. The van der Waals surface area contributed by atoms with Crippen molar-refractivity contribution in [2.45, 2.75) is 51.9 Å². The Morgan fingerprint density at radius 3 is 2.44 bits per heavy atom. The van der Waals surface area contributed by atoms with Crippen molar-refractivity contribution in [1.82, 2.24) is 4.90 Å². The van der Waals surface area contributed by atoms with E-state index in [-0.39, 0.29) is 5.04 Å². The number of carbonyl (C=O) groups is 1. The largest absolute Gasteiger partial charge is 0.491 e. The molecule has 0 spiro atoms. The van der Waals surface area contributed by atoms with Gasteiger partial charge < -0.3 is 19.2 Å². The second kappa shape index (κ2) is 8.18. The SMILES string of the molecule is CC(c1cc(F)ccc1OCCO[Si](C)(C)C(C)(C)C)N(C)C(=O)O. The molecule has 1 rings (SSSR count). The fourth-order valence-electron chi connectivity index (χ4n) is 2.02. The molecule has 0 bridgehead atoms. The summed E-state index contributed by atoms with van der Waals surface area (Å²) >= 11 is 0. The van der Waals surface area contributed by atoms with Gasteiger partial charge >= 0.3 is 6.09 Å². The first-order valence-corrected chi connectivity index (χ1v) is 11.3. The van der Waals surface area contributed by atoms with E-state index in [0.717, 1.165) is 4.90 Å². The highest BCUT2D eigenvalue weighted by molar-refractivity contribution is 6.74. The van der Waals surface area contributed by atoms with Gasteiger partial charge in [-0.05, 0) is 43.3 Å². The van der Waals surface area contributed by atoms with Gasteiger partial charge in [0.05, 0.1) is 12.6 Å². The second-order valence-corrected chi connectivity index (χ2v) is 12.5. The number of halogens is 1. The van der Waals surface area contributed by atoms with Gasteiger partial charge in [-0.25, -0.2) is 9.18 Å². The highest BCUT2D eigenvalue weighted by Crippen LogP contribution is 2.36. The summed E-state index contributed by atoms with van der Waals surface area (Å²) < 4.78 is 25.4. The van der Waals surface area contributed by atoms with Crippen LogP contribution in [0.2, 0.25) is 18.1 Å². The lowest BCUT2D eigenvalue weighted by Crippen LogP contribution is -2.41. The Balaban J connectivity index is 2.78. The van der Waals surface area contributed by atoms with E-state index in [1.807, 2.05) is 0 Å². The molecule has 7 heteroatoms. The van der Waals surface area contributed by atoms with Crippen LogP contribution in [0, 0.1) is 5.82 Å². The van der Waals surface area contributed by atoms with E-state index >= 15 is 0 Å². The van der Waals surface area contributed by atoms with Gasteiger partial charge in [0, 0.05) is 12.6 Å². The molecule has 1 atom stereocenters. The summed E-state index contributed by atoms with van der Waals surface area (Å²) in [6, 6.07) is 3.63. The average molecular weight is 372 g/mol. The van der Waals surface area contributed by atoms with Crippen molar-refractivity contribution >= 4 is 14.4 Å². The maximum absolute atomic E-state index is 13.6. The van der Waals surface area contributed by atoms with Crippen molar-refractivity contribution in [3.05, 3.63) is 29.6 Å². The topological polar surface area (TPSA) is 59.0 Å². The van der Waals surface area contributed by atoms with E-state index in [9.17, 15) is 9.18 Å². The summed E-state index contributed by atoms with van der Waals surface area (Å²) in [5.74, 6) is 0.0475. The smallest absolute Gasteiger partial charge is 0.407 e. The van der Waals surface area contributed by atoms with Crippen molar-refractivity contribution in [3.8, 4) is 5.75 Å². The van der Waals surface area contributed by atoms with Gasteiger partial charge in [-0.2, -0.15) is 0 Å². The molecule has 0 aliphatic carbocycles. The standard InChI is InChI=1S/C18H30FNO4Si/c1-13(20(5)17(21)22)15-12-14(19)8-9-16(15)23-10-11-24-25(6,7)18(2,3)4/h8-9,12-13H,10-11H2,1-7H3,(H,21,22). The van der Waals surface area contributed by atoms with Crippen LogP contribution in [0.5, 0.6) is 5.75 Å². The fraction of sp³-hybridized carbons (Fsp3) is 0.611. The maximum atomic E-state index is 13.6. The molecule has 5 nitrogen and oxygen atoms in total. The van der Waals surface area contributed by atoms with E-state index < -0.39 is 26.3 Å². The summed E-state index contributed by atoms with van der Waals surface area (Å²) in [5, 5.41) is 9.25. The number of nitrogens with zero attached hydrogens (tertiary/aromatic N) is 1. The van der Waals surface area contributed by atoms with Crippen LogP contribution < -0.4 is 4.74 Å². The van der Waals surface area contributed by atoms with Crippen molar-refractivity contribution < 1.29 is 23.5 Å². The van der Waals surface area contributed by atoms with Crippen molar-refractivity contribution in [3.63, 3.8) is 0 Å². The molecule has 0 fully saturated rings. The number of ether oxygens (including phenoxy) is 1. The van der Waals surface area contributed by atoms with Gasteiger partial charge in [0.25, 0.3) is 0 Å². The summed E-state index contributed by atoms with van der Waals surface area (Å²) in [6.45, 7) is 13.3. The lowest BCUT2D eigenvalue weighted by atomic mass is 10.1. The van der Waals surface area contributed by atoms with Crippen LogP contribution in [0.15, 0.2) is 18.2 Å². The maximum Gasteiger partial charge on any atom is 0.407 e. The van der Waals surface area contributed by atoms with E-state index in [1.165, 1.54) is 25.2 Å². The Kier molecular flexibility index (Phi) is 7.02. The Hall–Kier alpha value is -1.60. The molecule has 0 saturated carbocycles. The van der Waals surface area contributed by atoms with Crippen molar-refractivity contribution in [1.29, 1.82) is 0 Å². The molecule has 1 aromatic rings. The molecule has 0 aromatic heterocycles. The minimum absolute atomic E-state index is 0.118. The third-order valence-electron chi connectivity index (χ3n) is 4.91. The normalized spacial score (nSPS) is 13.4. The number of hydrogen-bond donors (Lipinski definition) is 1. The zero-order valence-electron chi connectivity index (χ0n) is 16.2. The number of amides is 1. The van der Waals surface area contributed by atoms with E-state index in [2.05, 4.69) is 33.9 Å². The average Bonchev–Trinajstić information content (AvgIpc) is 2.49. The molecule has 0 saturated heterocycles. The molecule has 0 heterocycles. The quantitative estimate of drug-likeness (QED) is 0.547. The van der Waals surface area contributed by atoms with E-state index in [4.69, 9.17) is 14.3 Å². The van der Waals surface area contributed by atoms with Crippen LogP contribution in [-0.2, 0) is 4.43 Å². The van der Waals surface area contributed by atoms with Crippen LogP contribution >= 0.6 is 0 Å². The first-order chi connectivity index (χ1) is 11.4. The van der Waals surface area contributed by atoms with Crippen LogP contribution in [0.3, 0.4) is 0 Å². The number of benzene rings is 1. The Morgan fingerprint density at radius 1 is 1.32 bits per heavy atom. The monoisotopic (exact) mass is 371 g/mol. The molecule has 1 N–H and O–H groups in total. The molecule has 1 aromatic carbocycles. The molecular weight excluding hydrogens is 341 g/mol. The summed E-state index contributed by atoms with van der Waals surface area (Å²) in [5.41, 5.74) is 0.497. The molecule has 1 amide bonds. The second-order valence-electron chi connectivity index (χ2n) is 7.71. The third-order valence-corrected chi connectivity index (χ3v) is 9.45. The molecular formula is C18H30FNO4Si. The highest BCUT2D eigenvalue weighted by Gasteiger charge is 2.36. The zero-order valence-corrected chi connectivity index (χ0v) is 17.2. The first-order valence-electron chi connectivity index (χ1n) is 8.39. The van der Waals surface area contributed by atoms with Crippen LogP contribution in [0.1, 0.15) is 39.3 Å². The Morgan fingerprint density at radius 2 is 1.92 bits per heavy atom. The van der Waals surface area contributed by atoms with Gasteiger partial charge in [-0.15, -0.1) is 0 Å². The van der Waals surface area contributed by atoms with Gasteiger partial charge in [0.2, 0.25) is 0 Å². The first kappa shape index (κ1) is 21.4. The van der Waals surface area contributed by atoms with Crippen LogP contribution in [-0.4, -0.2) is 44.7 Å². The van der Waals surface area contributed by atoms with E-state index in [1.54, 1.807) is 6.92 Å².